The highest BCUT2D eigenvalue weighted by molar-refractivity contribution is 7.18. The summed E-state index contributed by atoms with van der Waals surface area (Å²) >= 11 is 1.69. The fourth-order valence-electron chi connectivity index (χ4n) is 2.27. The largest absolute Gasteiger partial charge is 0.364 e. The zero-order valence-electron chi connectivity index (χ0n) is 11.5. The Kier molecular flexibility index (Phi) is 3.43. The van der Waals surface area contributed by atoms with Gasteiger partial charge in [-0.2, -0.15) is 4.98 Å². The summed E-state index contributed by atoms with van der Waals surface area (Å²) < 4.78 is 0. The average Bonchev–Trinajstić information content (AvgIpc) is 3.04. The van der Waals surface area contributed by atoms with Crippen LogP contribution in [0.3, 0.4) is 0 Å². The summed E-state index contributed by atoms with van der Waals surface area (Å²) in [5.74, 6) is 1.49. The number of carbonyl (C=O) groups excluding carboxylic acids is 1. The molecule has 1 fully saturated rings. The minimum Gasteiger partial charge on any atom is -0.364 e. The Bertz CT molecular complexity index is 653. The number of aromatic nitrogens is 2. The van der Waals surface area contributed by atoms with Crippen molar-refractivity contribution in [2.24, 2.45) is 0 Å². The third-order valence-corrected chi connectivity index (χ3v) is 4.51. The van der Waals surface area contributed by atoms with E-state index in [2.05, 4.69) is 38.9 Å². The third-order valence-electron chi connectivity index (χ3n) is 3.33. The Morgan fingerprint density at radius 3 is 3.00 bits per heavy atom. The van der Waals surface area contributed by atoms with Gasteiger partial charge in [-0.1, -0.05) is 6.92 Å². The minimum atomic E-state index is 0.0844. The van der Waals surface area contributed by atoms with E-state index in [1.54, 1.807) is 18.4 Å². The highest BCUT2D eigenvalue weighted by Gasteiger charge is 2.23. The number of hydrogen-bond donors (Lipinski definition) is 3. The smallest absolute Gasteiger partial charge is 0.225 e. The number of hydrogen-bond acceptors (Lipinski definition) is 6. The Labute approximate surface area is 121 Å². The van der Waals surface area contributed by atoms with Gasteiger partial charge >= 0.3 is 0 Å². The molecule has 106 valence electrons. The Morgan fingerprint density at radius 1 is 1.50 bits per heavy atom. The standard InChI is InChI=1S/C13H17N5OS/c1-3-8-5-9-11(16-7-4-10(19)15-6-7)17-13(14-2)18-12(9)20-8/h5,7H,3-4,6H2,1-2H3,(H,15,19)(H2,14,16,17,18). The van der Waals surface area contributed by atoms with Crippen LogP contribution < -0.4 is 16.0 Å². The first kappa shape index (κ1) is 13.1. The number of anilines is 2. The van der Waals surface area contributed by atoms with Crippen LogP contribution in [-0.2, 0) is 11.2 Å². The number of nitrogens with one attached hydrogen (secondary N) is 3. The van der Waals surface area contributed by atoms with Gasteiger partial charge in [-0.15, -0.1) is 11.3 Å². The molecule has 20 heavy (non-hydrogen) atoms. The van der Waals surface area contributed by atoms with E-state index >= 15 is 0 Å². The van der Waals surface area contributed by atoms with E-state index in [1.807, 2.05) is 0 Å². The van der Waals surface area contributed by atoms with Crippen molar-refractivity contribution in [1.29, 1.82) is 0 Å². The molecule has 0 radical (unpaired) electrons. The lowest BCUT2D eigenvalue weighted by Gasteiger charge is -2.12. The lowest BCUT2D eigenvalue weighted by Crippen LogP contribution is -2.23. The second-order valence-corrected chi connectivity index (χ2v) is 5.90. The molecule has 0 spiro atoms. The summed E-state index contributed by atoms with van der Waals surface area (Å²) in [7, 11) is 1.81. The molecule has 2 aromatic heterocycles. The lowest BCUT2D eigenvalue weighted by atomic mass is 10.2. The normalized spacial score (nSPS) is 18.3. The number of carbonyl (C=O) groups is 1. The van der Waals surface area contributed by atoms with Crippen LogP contribution in [0, 0.1) is 0 Å². The summed E-state index contributed by atoms with van der Waals surface area (Å²) in [5.41, 5.74) is 0. The van der Waals surface area contributed by atoms with Gasteiger partial charge in [-0.25, -0.2) is 4.98 Å². The van der Waals surface area contributed by atoms with Gasteiger partial charge in [0, 0.05) is 24.9 Å². The van der Waals surface area contributed by atoms with E-state index in [-0.39, 0.29) is 11.9 Å². The van der Waals surface area contributed by atoms with Gasteiger partial charge in [0.15, 0.2) is 0 Å². The first-order chi connectivity index (χ1) is 9.69. The van der Waals surface area contributed by atoms with Crippen molar-refractivity contribution in [2.45, 2.75) is 25.8 Å². The van der Waals surface area contributed by atoms with E-state index in [0.29, 0.717) is 18.9 Å². The van der Waals surface area contributed by atoms with Crippen LogP contribution in [0.15, 0.2) is 6.07 Å². The number of rotatable bonds is 4. The zero-order valence-corrected chi connectivity index (χ0v) is 12.3. The molecule has 0 aromatic carbocycles. The Balaban J connectivity index is 1.98. The van der Waals surface area contributed by atoms with Crippen molar-refractivity contribution in [1.82, 2.24) is 15.3 Å². The minimum absolute atomic E-state index is 0.0844. The molecule has 1 atom stereocenters. The van der Waals surface area contributed by atoms with Gasteiger partial charge in [0.1, 0.15) is 10.6 Å². The van der Waals surface area contributed by atoms with E-state index in [1.165, 1.54) is 4.88 Å². The predicted octanol–water partition coefficient (Wildman–Crippen LogP) is 1.60. The van der Waals surface area contributed by atoms with Gasteiger partial charge < -0.3 is 16.0 Å². The lowest BCUT2D eigenvalue weighted by molar-refractivity contribution is -0.119. The molecular weight excluding hydrogens is 274 g/mol. The molecule has 1 aliphatic rings. The van der Waals surface area contributed by atoms with Crippen molar-refractivity contribution in [3.05, 3.63) is 10.9 Å². The second kappa shape index (κ2) is 5.24. The fourth-order valence-corrected chi connectivity index (χ4v) is 3.24. The summed E-state index contributed by atoms with van der Waals surface area (Å²) in [5, 5.41) is 10.2. The molecule has 1 aliphatic heterocycles. The van der Waals surface area contributed by atoms with Gasteiger partial charge in [-0.05, 0) is 12.5 Å². The van der Waals surface area contributed by atoms with E-state index < -0.39 is 0 Å². The van der Waals surface area contributed by atoms with Crippen molar-refractivity contribution >= 4 is 39.2 Å². The number of amides is 1. The maximum Gasteiger partial charge on any atom is 0.225 e. The number of fused-ring (bicyclic) bond motifs is 1. The van der Waals surface area contributed by atoms with Crippen LogP contribution in [0.5, 0.6) is 0 Å². The summed E-state index contributed by atoms with van der Waals surface area (Å²) in [6.07, 6.45) is 1.48. The molecule has 2 aromatic rings. The van der Waals surface area contributed by atoms with Crippen LogP contribution in [0.25, 0.3) is 10.2 Å². The molecule has 3 N–H and O–H groups in total. The number of thiophene rings is 1. The molecule has 7 heteroatoms. The van der Waals surface area contributed by atoms with Crippen molar-refractivity contribution in [3.8, 4) is 0 Å². The van der Waals surface area contributed by atoms with Crippen molar-refractivity contribution in [3.63, 3.8) is 0 Å². The van der Waals surface area contributed by atoms with Crippen molar-refractivity contribution < 1.29 is 4.79 Å². The van der Waals surface area contributed by atoms with Crippen LogP contribution >= 0.6 is 11.3 Å². The number of aryl methyl sites for hydroxylation is 1. The van der Waals surface area contributed by atoms with Gasteiger partial charge in [0.2, 0.25) is 11.9 Å². The maximum atomic E-state index is 11.3. The summed E-state index contributed by atoms with van der Waals surface area (Å²) in [4.78, 5) is 22.5. The zero-order chi connectivity index (χ0) is 14.1. The monoisotopic (exact) mass is 291 g/mol. The second-order valence-electron chi connectivity index (χ2n) is 4.78. The molecule has 1 unspecified atom stereocenters. The summed E-state index contributed by atoms with van der Waals surface area (Å²) in [6.45, 7) is 2.77. The molecule has 1 amide bonds. The highest BCUT2D eigenvalue weighted by atomic mass is 32.1. The molecule has 0 bridgehead atoms. The topological polar surface area (TPSA) is 78.9 Å². The molecule has 6 nitrogen and oxygen atoms in total. The van der Waals surface area contributed by atoms with Gasteiger partial charge in [0.25, 0.3) is 0 Å². The van der Waals surface area contributed by atoms with Crippen LogP contribution in [0.1, 0.15) is 18.2 Å². The SMILES string of the molecule is CCc1cc2c(NC3CNC(=O)C3)nc(NC)nc2s1. The van der Waals surface area contributed by atoms with Gasteiger partial charge in [-0.3, -0.25) is 4.79 Å². The predicted molar refractivity (Wildman–Crippen MR) is 81.4 cm³/mol. The maximum absolute atomic E-state index is 11.3. The van der Waals surface area contributed by atoms with Crippen LogP contribution in [-0.4, -0.2) is 35.5 Å². The molecule has 3 rings (SSSR count). The average molecular weight is 291 g/mol. The van der Waals surface area contributed by atoms with Crippen LogP contribution in [0.4, 0.5) is 11.8 Å². The molecule has 0 aliphatic carbocycles. The van der Waals surface area contributed by atoms with Gasteiger partial charge in [0.05, 0.1) is 11.4 Å². The Hall–Kier alpha value is -1.89. The first-order valence-electron chi connectivity index (χ1n) is 6.71. The molecular formula is C13H17N5OS. The van der Waals surface area contributed by atoms with E-state index in [9.17, 15) is 4.79 Å². The quantitative estimate of drug-likeness (QED) is 0.797. The highest BCUT2D eigenvalue weighted by Crippen LogP contribution is 2.31. The number of nitrogens with zero attached hydrogens (tertiary/aromatic N) is 2. The fraction of sp³-hybridized carbons (Fsp3) is 0.462. The van der Waals surface area contributed by atoms with E-state index in [0.717, 1.165) is 22.5 Å². The Morgan fingerprint density at radius 2 is 2.35 bits per heavy atom. The first-order valence-corrected chi connectivity index (χ1v) is 7.52. The van der Waals surface area contributed by atoms with E-state index in [4.69, 9.17) is 0 Å². The van der Waals surface area contributed by atoms with Crippen LogP contribution in [0.2, 0.25) is 0 Å². The molecule has 0 saturated carbocycles. The summed E-state index contributed by atoms with van der Waals surface area (Å²) in [6, 6.07) is 2.22. The molecule has 3 heterocycles. The third kappa shape index (κ3) is 2.40. The van der Waals surface area contributed by atoms with Crippen molar-refractivity contribution in [2.75, 3.05) is 24.2 Å². The molecule has 1 saturated heterocycles.